The predicted molar refractivity (Wildman–Crippen MR) is 53.5 cm³/mol. The molecule has 0 bridgehead atoms. The highest BCUT2D eigenvalue weighted by Crippen LogP contribution is 2.26. The molecule has 3 nitrogen and oxygen atoms in total. The maximum Gasteiger partial charge on any atom is 0.226 e. The highest BCUT2D eigenvalue weighted by Gasteiger charge is 2.08. The van der Waals surface area contributed by atoms with Gasteiger partial charge < -0.3 is 9.26 Å². The number of benzene rings is 1. The number of ether oxygens (including phenoxy) is 1. The Kier molecular flexibility index (Phi) is 2.60. The Morgan fingerprint density at radius 3 is 2.73 bits per heavy atom. The van der Waals surface area contributed by atoms with E-state index in [0.29, 0.717) is 11.3 Å². The van der Waals surface area contributed by atoms with Crippen molar-refractivity contribution >= 4 is 11.6 Å². The van der Waals surface area contributed by atoms with Gasteiger partial charge in [-0.15, -0.1) is 0 Å². The molecule has 5 heteroatoms. The topological polar surface area (TPSA) is 35.3 Å². The molecule has 0 aliphatic carbocycles. The van der Waals surface area contributed by atoms with Crippen molar-refractivity contribution in [1.82, 2.24) is 5.16 Å². The summed E-state index contributed by atoms with van der Waals surface area (Å²) < 4.78 is 22.8. The molecule has 0 radical (unpaired) electrons. The van der Waals surface area contributed by atoms with Gasteiger partial charge in [0.2, 0.25) is 5.22 Å². The average Bonchev–Trinajstić information content (AvgIpc) is 2.65. The minimum atomic E-state index is -0.450. The van der Waals surface area contributed by atoms with E-state index in [1.807, 2.05) is 0 Å². The maximum atomic E-state index is 13.3. The van der Waals surface area contributed by atoms with E-state index in [1.165, 1.54) is 25.3 Å². The zero-order valence-corrected chi connectivity index (χ0v) is 8.58. The van der Waals surface area contributed by atoms with Crippen molar-refractivity contribution in [2.45, 2.75) is 0 Å². The molecule has 0 atom stereocenters. The number of methoxy groups -OCH3 is 1. The van der Waals surface area contributed by atoms with Crippen LogP contribution in [0.1, 0.15) is 0 Å². The molecule has 0 N–H and O–H groups in total. The van der Waals surface area contributed by atoms with E-state index < -0.39 is 5.82 Å². The normalized spacial score (nSPS) is 10.3. The smallest absolute Gasteiger partial charge is 0.226 e. The molecule has 0 saturated heterocycles. The molecule has 1 heterocycles. The number of rotatable bonds is 2. The molecular formula is C10H7ClFNO2. The molecule has 0 aliphatic rings. The van der Waals surface area contributed by atoms with Gasteiger partial charge in [-0.05, 0) is 29.8 Å². The van der Waals surface area contributed by atoms with Gasteiger partial charge in [-0.25, -0.2) is 4.39 Å². The molecule has 1 aromatic carbocycles. The molecule has 1 aromatic heterocycles. The Hall–Kier alpha value is -1.55. The molecule has 0 aliphatic heterocycles. The Labute approximate surface area is 90.4 Å². The first kappa shape index (κ1) is 9.98. The fourth-order valence-corrected chi connectivity index (χ4v) is 1.35. The summed E-state index contributed by atoms with van der Waals surface area (Å²) in [7, 11) is 1.41. The third-order valence-corrected chi connectivity index (χ3v) is 2.11. The lowest BCUT2D eigenvalue weighted by atomic mass is 10.1. The molecule has 15 heavy (non-hydrogen) atoms. The van der Waals surface area contributed by atoms with Crippen LogP contribution in [0.5, 0.6) is 5.75 Å². The Morgan fingerprint density at radius 2 is 2.20 bits per heavy atom. The van der Waals surface area contributed by atoms with Crippen LogP contribution in [0, 0.1) is 5.82 Å². The third-order valence-electron chi connectivity index (χ3n) is 1.93. The SMILES string of the molecule is COc1ccc(-c2cc(Cl)on2)cc1F. The Bertz CT molecular complexity index is 484. The molecule has 0 spiro atoms. The maximum absolute atomic E-state index is 13.3. The van der Waals surface area contributed by atoms with Gasteiger partial charge in [-0.3, -0.25) is 0 Å². The van der Waals surface area contributed by atoms with Gasteiger partial charge in [0.1, 0.15) is 5.69 Å². The van der Waals surface area contributed by atoms with E-state index in [2.05, 4.69) is 9.68 Å². The van der Waals surface area contributed by atoms with Crippen molar-refractivity contribution in [3.05, 3.63) is 35.3 Å². The number of hydrogen-bond acceptors (Lipinski definition) is 3. The molecule has 0 fully saturated rings. The minimum absolute atomic E-state index is 0.168. The van der Waals surface area contributed by atoms with Gasteiger partial charge in [0.25, 0.3) is 0 Å². The Balaban J connectivity index is 2.42. The van der Waals surface area contributed by atoms with Crippen LogP contribution >= 0.6 is 11.6 Å². The van der Waals surface area contributed by atoms with Crippen molar-refractivity contribution in [3.63, 3.8) is 0 Å². The third kappa shape index (κ3) is 1.94. The molecular weight excluding hydrogens is 221 g/mol. The molecule has 0 amide bonds. The minimum Gasteiger partial charge on any atom is -0.494 e. The molecule has 0 saturated carbocycles. The van der Waals surface area contributed by atoms with Crippen LogP contribution in [0.25, 0.3) is 11.3 Å². The first-order valence-corrected chi connectivity index (χ1v) is 4.54. The van der Waals surface area contributed by atoms with Gasteiger partial charge in [0.05, 0.1) is 7.11 Å². The highest BCUT2D eigenvalue weighted by molar-refractivity contribution is 6.29. The van der Waals surface area contributed by atoms with Crippen molar-refractivity contribution < 1.29 is 13.7 Å². The lowest BCUT2D eigenvalue weighted by Crippen LogP contribution is -1.88. The number of aromatic nitrogens is 1. The summed E-state index contributed by atoms with van der Waals surface area (Å²) >= 11 is 5.56. The summed E-state index contributed by atoms with van der Waals surface area (Å²) in [6.07, 6.45) is 0. The van der Waals surface area contributed by atoms with Crippen LogP contribution in [0.3, 0.4) is 0 Å². The Morgan fingerprint density at radius 1 is 1.40 bits per heavy atom. The second kappa shape index (κ2) is 3.90. The highest BCUT2D eigenvalue weighted by atomic mass is 35.5. The van der Waals surface area contributed by atoms with Crippen molar-refractivity contribution in [1.29, 1.82) is 0 Å². The zero-order chi connectivity index (χ0) is 10.8. The number of nitrogens with zero attached hydrogens (tertiary/aromatic N) is 1. The van der Waals surface area contributed by atoms with Crippen molar-refractivity contribution in [2.75, 3.05) is 7.11 Å². The quantitative estimate of drug-likeness (QED) is 0.791. The van der Waals surface area contributed by atoms with Crippen LogP contribution in [-0.4, -0.2) is 12.3 Å². The second-order valence-corrected chi connectivity index (χ2v) is 3.24. The van der Waals surface area contributed by atoms with E-state index in [1.54, 1.807) is 6.07 Å². The van der Waals surface area contributed by atoms with E-state index in [9.17, 15) is 4.39 Å². The summed E-state index contributed by atoms with van der Waals surface area (Å²) in [4.78, 5) is 0. The summed E-state index contributed by atoms with van der Waals surface area (Å²) in [5.41, 5.74) is 1.07. The summed E-state index contributed by atoms with van der Waals surface area (Å²) in [5, 5.41) is 3.84. The van der Waals surface area contributed by atoms with Gasteiger partial charge in [0.15, 0.2) is 11.6 Å². The first-order chi connectivity index (χ1) is 7.20. The lowest BCUT2D eigenvalue weighted by molar-refractivity contribution is 0.386. The van der Waals surface area contributed by atoms with Crippen LogP contribution in [-0.2, 0) is 0 Å². The van der Waals surface area contributed by atoms with E-state index in [-0.39, 0.29) is 11.0 Å². The van der Waals surface area contributed by atoms with Gasteiger partial charge in [-0.2, -0.15) is 0 Å². The van der Waals surface area contributed by atoms with Gasteiger partial charge in [0, 0.05) is 11.6 Å². The fourth-order valence-electron chi connectivity index (χ4n) is 1.21. The first-order valence-electron chi connectivity index (χ1n) is 4.17. The predicted octanol–water partition coefficient (Wildman–Crippen LogP) is 3.14. The fraction of sp³-hybridized carbons (Fsp3) is 0.100. The molecule has 78 valence electrons. The largest absolute Gasteiger partial charge is 0.494 e. The van der Waals surface area contributed by atoms with Crippen LogP contribution in [0.4, 0.5) is 4.39 Å². The van der Waals surface area contributed by atoms with E-state index in [4.69, 9.17) is 16.3 Å². The average molecular weight is 228 g/mol. The molecule has 0 unspecified atom stereocenters. The van der Waals surface area contributed by atoms with Crippen LogP contribution < -0.4 is 4.74 Å². The van der Waals surface area contributed by atoms with Gasteiger partial charge >= 0.3 is 0 Å². The van der Waals surface area contributed by atoms with Crippen LogP contribution in [0.2, 0.25) is 5.22 Å². The zero-order valence-electron chi connectivity index (χ0n) is 7.83. The second-order valence-electron chi connectivity index (χ2n) is 2.87. The summed E-state index contributed by atoms with van der Waals surface area (Å²) in [5.74, 6) is -0.262. The van der Waals surface area contributed by atoms with Crippen molar-refractivity contribution in [2.24, 2.45) is 0 Å². The molecule has 2 aromatic rings. The van der Waals surface area contributed by atoms with E-state index >= 15 is 0 Å². The van der Waals surface area contributed by atoms with Crippen LogP contribution in [0.15, 0.2) is 28.8 Å². The van der Waals surface area contributed by atoms with Gasteiger partial charge in [-0.1, -0.05) is 5.16 Å². The lowest BCUT2D eigenvalue weighted by Gasteiger charge is -2.02. The van der Waals surface area contributed by atoms with Crippen molar-refractivity contribution in [3.8, 4) is 17.0 Å². The standard InChI is InChI=1S/C10H7ClFNO2/c1-14-9-3-2-6(4-7(9)12)8-5-10(11)15-13-8/h2-5H,1H3. The summed E-state index contributed by atoms with van der Waals surface area (Å²) in [6.45, 7) is 0. The monoisotopic (exact) mass is 227 g/mol. The molecule has 2 rings (SSSR count). The summed E-state index contributed by atoms with van der Waals surface area (Å²) in [6, 6.07) is 6.03. The van der Waals surface area contributed by atoms with E-state index in [0.717, 1.165) is 0 Å². The number of halogens is 2. The number of hydrogen-bond donors (Lipinski definition) is 0.